The third kappa shape index (κ3) is 5.02. The third-order valence-electron chi connectivity index (χ3n) is 5.51. The Morgan fingerprint density at radius 1 is 1.26 bits per heavy atom. The van der Waals surface area contributed by atoms with Gasteiger partial charge in [0.15, 0.2) is 11.6 Å². The smallest absolute Gasteiger partial charge is 0.273 e. The summed E-state index contributed by atoms with van der Waals surface area (Å²) in [4.78, 5) is 23.3. The van der Waals surface area contributed by atoms with E-state index in [9.17, 15) is 13.2 Å². The van der Waals surface area contributed by atoms with Crippen LogP contribution in [0.4, 0.5) is 5.82 Å². The van der Waals surface area contributed by atoms with Gasteiger partial charge in [0, 0.05) is 31.6 Å². The van der Waals surface area contributed by atoms with Gasteiger partial charge in [0.2, 0.25) is 11.8 Å². The van der Waals surface area contributed by atoms with E-state index in [1.165, 1.54) is 19.2 Å². The number of aromatic nitrogens is 2. The predicted molar refractivity (Wildman–Crippen MR) is 130 cm³/mol. The molecular formula is C21H22Cl2N4O5S2. The van der Waals surface area contributed by atoms with Gasteiger partial charge in [0.25, 0.3) is 10.0 Å². The summed E-state index contributed by atoms with van der Waals surface area (Å²) in [7, 11) is -2.43. The van der Waals surface area contributed by atoms with E-state index in [4.69, 9.17) is 32.4 Å². The Kier molecular flexibility index (Phi) is 7.36. The Balaban J connectivity index is 1.45. The SMILES string of the molecule is CCc1cnc(-c2cnc(N3CCC(C(=O)NS(=O)(=O)c4ccc(Cl)s4)CC3)c(Cl)c2OC)o1. The topological polar surface area (TPSA) is 115 Å². The van der Waals surface area contributed by atoms with Crippen LogP contribution in [0.5, 0.6) is 5.75 Å². The molecule has 0 unspecified atom stereocenters. The van der Waals surface area contributed by atoms with Crippen LogP contribution in [0.25, 0.3) is 11.5 Å². The zero-order valence-corrected chi connectivity index (χ0v) is 21.5. The van der Waals surface area contributed by atoms with Gasteiger partial charge in [0.1, 0.15) is 15.0 Å². The van der Waals surface area contributed by atoms with Crippen molar-refractivity contribution >= 4 is 56.3 Å². The lowest BCUT2D eigenvalue weighted by Crippen LogP contribution is -2.42. The second-order valence-corrected chi connectivity index (χ2v) is 11.6. The van der Waals surface area contributed by atoms with E-state index in [0.717, 1.165) is 17.1 Å². The number of amides is 1. The summed E-state index contributed by atoms with van der Waals surface area (Å²) >= 11 is 13.3. The number of sulfonamides is 1. The second kappa shape index (κ2) is 10.1. The molecule has 1 aliphatic rings. The number of pyridine rings is 1. The van der Waals surface area contributed by atoms with Gasteiger partial charge in [-0.3, -0.25) is 4.79 Å². The summed E-state index contributed by atoms with van der Waals surface area (Å²) in [5.41, 5.74) is 0.545. The van der Waals surface area contributed by atoms with Gasteiger partial charge in [-0.2, -0.15) is 0 Å². The lowest BCUT2D eigenvalue weighted by Gasteiger charge is -2.32. The van der Waals surface area contributed by atoms with E-state index in [0.29, 0.717) is 64.7 Å². The van der Waals surface area contributed by atoms with Crippen molar-refractivity contribution < 1.29 is 22.4 Å². The molecule has 0 saturated carbocycles. The number of anilines is 1. The number of thiophene rings is 1. The Labute approximate surface area is 211 Å². The molecule has 0 aliphatic carbocycles. The summed E-state index contributed by atoms with van der Waals surface area (Å²) in [5.74, 6) is 1.04. The number of ether oxygens (including phenoxy) is 1. The van der Waals surface area contributed by atoms with Crippen LogP contribution in [0.1, 0.15) is 25.5 Å². The van der Waals surface area contributed by atoms with E-state index in [-0.39, 0.29) is 4.21 Å². The molecule has 1 amide bonds. The number of piperidine rings is 1. The van der Waals surface area contributed by atoms with Crippen LogP contribution in [0, 0.1) is 5.92 Å². The predicted octanol–water partition coefficient (Wildman–Crippen LogP) is 4.40. The van der Waals surface area contributed by atoms with Crippen molar-refractivity contribution in [2.24, 2.45) is 5.92 Å². The van der Waals surface area contributed by atoms with Crippen molar-refractivity contribution in [2.75, 3.05) is 25.1 Å². The molecule has 13 heteroatoms. The second-order valence-electron chi connectivity index (χ2n) is 7.62. The standard InChI is InChI=1S/C21H22Cl2N4O5S2/c1-3-13-10-25-21(32-13)14-11-24-19(17(23)18(14)31-2)27-8-6-12(7-9-27)20(28)26-34(29,30)16-5-4-15(22)33-16/h4-5,10-12H,3,6-9H2,1-2H3,(H,26,28). The number of aryl methyl sites for hydroxylation is 1. The molecule has 1 saturated heterocycles. The number of carbonyl (C=O) groups excluding carboxylic acids is 1. The fraction of sp³-hybridized carbons (Fsp3) is 0.381. The molecule has 0 atom stereocenters. The first-order chi connectivity index (χ1) is 16.2. The number of methoxy groups -OCH3 is 1. The molecule has 4 rings (SSSR count). The molecule has 0 bridgehead atoms. The lowest BCUT2D eigenvalue weighted by atomic mass is 9.96. The minimum Gasteiger partial charge on any atom is -0.494 e. The summed E-state index contributed by atoms with van der Waals surface area (Å²) in [6, 6.07) is 2.85. The van der Waals surface area contributed by atoms with Gasteiger partial charge in [-0.15, -0.1) is 11.3 Å². The normalized spacial score (nSPS) is 14.9. The van der Waals surface area contributed by atoms with Crippen molar-refractivity contribution in [1.82, 2.24) is 14.7 Å². The number of halogens is 2. The fourth-order valence-electron chi connectivity index (χ4n) is 3.69. The van der Waals surface area contributed by atoms with Crippen molar-refractivity contribution in [1.29, 1.82) is 0 Å². The highest BCUT2D eigenvalue weighted by Gasteiger charge is 2.31. The van der Waals surface area contributed by atoms with Crippen LogP contribution in [-0.4, -0.2) is 44.5 Å². The zero-order valence-electron chi connectivity index (χ0n) is 18.4. The van der Waals surface area contributed by atoms with E-state index >= 15 is 0 Å². The van der Waals surface area contributed by atoms with Crippen LogP contribution >= 0.6 is 34.5 Å². The van der Waals surface area contributed by atoms with Crippen molar-refractivity contribution in [3.8, 4) is 17.2 Å². The molecule has 1 N–H and O–H groups in total. The first kappa shape index (κ1) is 24.8. The molecule has 0 aromatic carbocycles. The van der Waals surface area contributed by atoms with Gasteiger partial charge in [-0.1, -0.05) is 30.1 Å². The highest BCUT2D eigenvalue weighted by molar-refractivity contribution is 7.92. The number of oxazole rings is 1. The maximum absolute atomic E-state index is 12.6. The molecule has 182 valence electrons. The van der Waals surface area contributed by atoms with Crippen LogP contribution in [0.3, 0.4) is 0 Å². The van der Waals surface area contributed by atoms with Gasteiger partial charge in [-0.05, 0) is 25.0 Å². The van der Waals surface area contributed by atoms with Crippen LogP contribution in [-0.2, 0) is 21.2 Å². The lowest BCUT2D eigenvalue weighted by molar-refractivity contribution is -0.123. The summed E-state index contributed by atoms with van der Waals surface area (Å²) in [6.45, 7) is 2.90. The quantitative estimate of drug-likeness (QED) is 0.465. The van der Waals surface area contributed by atoms with Crippen molar-refractivity contribution in [3.05, 3.63) is 39.6 Å². The monoisotopic (exact) mass is 544 g/mol. The molecule has 9 nitrogen and oxygen atoms in total. The highest BCUT2D eigenvalue weighted by Crippen LogP contribution is 2.41. The van der Waals surface area contributed by atoms with E-state index in [1.807, 2.05) is 11.8 Å². The third-order valence-corrected chi connectivity index (χ3v) is 8.92. The Bertz CT molecular complexity index is 1300. The zero-order chi connectivity index (χ0) is 24.5. The first-order valence-corrected chi connectivity index (χ1v) is 13.5. The Morgan fingerprint density at radius 2 is 2.00 bits per heavy atom. The summed E-state index contributed by atoms with van der Waals surface area (Å²) in [5, 5.41) is 0.316. The van der Waals surface area contributed by atoms with E-state index in [1.54, 1.807) is 12.4 Å². The minimum absolute atomic E-state index is 0.00329. The highest BCUT2D eigenvalue weighted by atomic mass is 35.5. The van der Waals surface area contributed by atoms with Gasteiger partial charge in [-0.25, -0.2) is 23.1 Å². The molecule has 1 aliphatic heterocycles. The number of nitrogens with zero attached hydrogens (tertiary/aromatic N) is 3. The van der Waals surface area contributed by atoms with Gasteiger partial charge >= 0.3 is 0 Å². The van der Waals surface area contributed by atoms with E-state index < -0.39 is 21.8 Å². The maximum Gasteiger partial charge on any atom is 0.273 e. The molecule has 3 aromatic heterocycles. The fourth-order valence-corrected chi connectivity index (χ4v) is 6.56. The summed E-state index contributed by atoms with van der Waals surface area (Å²) in [6.07, 6.45) is 4.84. The Morgan fingerprint density at radius 3 is 2.59 bits per heavy atom. The number of hydrogen-bond donors (Lipinski definition) is 1. The largest absolute Gasteiger partial charge is 0.494 e. The summed E-state index contributed by atoms with van der Waals surface area (Å²) < 4.78 is 38.6. The maximum atomic E-state index is 12.6. The number of nitrogens with one attached hydrogen (secondary N) is 1. The van der Waals surface area contributed by atoms with Crippen LogP contribution in [0.15, 0.2) is 33.2 Å². The average molecular weight is 545 g/mol. The Hall–Kier alpha value is -2.34. The van der Waals surface area contributed by atoms with Crippen molar-refractivity contribution in [2.45, 2.75) is 30.4 Å². The van der Waals surface area contributed by atoms with Crippen molar-refractivity contribution in [3.63, 3.8) is 0 Å². The molecular weight excluding hydrogens is 523 g/mol. The molecule has 3 aromatic rings. The van der Waals surface area contributed by atoms with Gasteiger partial charge < -0.3 is 14.1 Å². The number of carbonyl (C=O) groups is 1. The van der Waals surface area contributed by atoms with Crippen LogP contribution < -0.4 is 14.4 Å². The molecule has 0 radical (unpaired) electrons. The van der Waals surface area contributed by atoms with Gasteiger partial charge in [0.05, 0.1) is 23.2 Å². The molecule has 1 fully saturated rings. The van der Waals surface area contributed by atoms with E-state index in [2.05, 4.69) is 14.7 Å². The minimum atomic E-state index is -3.94. The number of hydrogen-bond acceptors (Lipinski definition) is 9. The molecule has 34 heavy (non-hydrogen) atoms. The number of rotatable bonds is 7. The first-order valence-electron chi connectivity index (χ1n) is 10.5. The molecule has 0 spiro atoms. The molecule has 4 heterocycles. The van der Waals surface area contributed by atoms with Crippen LogP contribution in [0.2, 0.25) is 9.36 Å². The average Bonchev–Trinajstić information content (AvgIpc) is 3.48.